The molecule has 0 aromatic carbocycles. The van der Waals surface area contributed by atoms with E-state index >= 15 is 0 Å². The fourth-order valence-electron chi connectivity index (χ4n) is 0.684. The summed E-state index contributed by atoms with van der Waals surface area (Å²) in [4.78, 5) is 7.47. The highest BCUT2D eigenvalue weighted by Gasteiger charge is 2.01. The van der Waals surface area contributed by atoms with Crippen molar-refractivity contribution in [3.8, 4) is 0 Å². The number of anilines is 1. The molecular formula is C7H9FN4. The molecule has 64 valence electrons. The predicted octanol–water partition coefficient (Wildman–Crippen LogP) is 0.766. The van der Waals surface area contributed by atoms with Gasteiger partial charge in [-0.05, 0) is 6.92 Å². The maximum atomic E-state index is 12.8. The van der Waals surface area contributed by atoms with Crippen LogP contribution in [-0.2, 0) is 0 Å². The minimum atomic E-state index is -0.501. The highest BCUT2D eigenvalue weighted by Crippen LogP contribution is 2.07. The normalized spacial score (nSPS) is 10.5. The van der Waals surface area contributed by atoms with E-state index in [1.54, 1.807) is 6.92 Å². The zero-order valence-corrected chi connectivity index (χ0v) is 6.58. The molecule has 0 spiro atoms. The first-order chi connectivity index (χ1) is 5.74. The first-order valence-electron chi connectivity index (χ1n) is 3.36. The minimum absolute atomic E-state index is 0.129. The first kappa shape index (κ1) is 8.45. The molecule has 0 aliphatic carbocycles. The molecule has 0 atom stereocenters. The molecule has 12 heavy (non-hydrogen) atoms. The van der Waals surface area contributed by atoms with Gasteiger partial charge in [0.25, 0.3) is 0 Å². The second-order valence-electron chi connectivity index (χ2n) is 2.12. The summed E-state index contributed by atoms with van der Waals surface area (Å²) in [5.74, 6) is 0.132. The summed E-state index contributed by atoms with van der Waals surface area (Å²) in [5.41, 5.74) is 5.06. The summed E-state index contributed by atoms with van der Waals surface area (Å²) < 4.78 is 12.8. The molecule has 0 amide bonds. The van der Waals surface area contributed by atoms with Gasteiger partial charge in [0.2, 0.25) is 0 Å². The van der Waals surface area contributed by atoms with Crippen molar-refractivity contribution in [1.29, 1.82) is 0 Å². The van der Waals surface area contributed by atoms with E-state index in [1.165, 1.54) is 12.4 Å². The van der Waals surface area contributed by atoms with Gasteiger partial charge >= 0.3 is 0 Å². The molecule has 0 aliphatic rings. The molecule has 1 aromatic heterocycles. The van der Waals surface area contributed by atoms with Crippen LogP contribution in [0.25, 0.3) is 0 Å². The maximum Gasteiger partial charge on any atom is 0.184 e. The van der Waals surface area contributed by atoms with Crippen molar-refractivity contribution in [2.24, 2.45) is 5.73 Å². The van der Waals surface area contributed by atoms with Crippen LogP contribution in [0.1, 0.15) is 5.82 Å². The van der Waals surface area contributed by atoms with Crippen LogP contribution in [0.3, 0.4) is 0 Å². The monoisotopic (exact) mass is 168 g/mol. The van der Waals surface area contributed by atoms with Crippen LogP contribution in [-0.4, -0.2) is 9.97 Å². The second kappa shape index (κ2) is 3.66. The number of nitrogens with zero attached hydrogens (tertiary/aromatic N) is 2. The van der Waals surface area contributed by atoms with Crippen LogP contribution in [0.2, 0.25) is 0 Å². The first-order valence-corrected chi connectivity index (χ1v) is 3.36. The van der Waals surface area contributed by atoms with Gasteiger partial charge in [-0.1, -0.05) is 0 Å². The fraction of sp³-hybridized carbons (Fsp3) is 0.143. The van der Waals surface area contributed by atoms with E-state index in [9.17, 15) is 4.39 Å². The number of halogens is 1. The smallest absolute Gasteiger partial charge is 0.184 e. The molecule has 1 heterocycles. The van der Waals surface area contributed by atoms with E-state index in [0.29, 0.717) is 5.82 Å². The molecule has 4 nitrogen and oxygen atoms in total. The quantitative estimate of drug-likeness (QED) is 0.684. The molecule has 0 fully saturated rings. The summed E-state index contributed by atoms with van der Waals surface area (Å²) in [5, 5.41) is 2.57. The molecule has 0 radical (unpaired) electrons. The number of aromatic nitrogens is 2. The lowest BCUT2D eigenvalue weighted by Gasteiger charge is -2.00. The van der Waals surface area contributed by atoms with E-state index in [-0.39, 0.29) is 5.82 Å². The standard InChI is InChI=1S/C7H9FN4/c1-5-11-4-6(8)7(12-5)10-3-2-9/h2-4H,9H2,1H3,(H,10,11,12)/b3-2-. The van der Waals surface area contributed by atoms with Crippen LogP contribution in [0, 0.1) is 12.7 Å². The third-order valence-electron chi connectivity index (χ3n) is 1.18. The Morgan fingerprint density at radius 3 is 3.08 bits per heavy atom. The average Bonchev–Trinajstić information content (AvgIpc) is 2.07. The molecule has 0 saturated carbocycles. The van der Waals surface area contributed by atoms with Gasteiger partial charge in [-0.25, -0.2) is 14.4 Å². The van der Waals surface area contributed by atoms with Crippen molar-refractivity contribution >= 4 is 5.82 Å². The van der Waals surface area contributed by atoms with Crippen molar-refractivity contribution in [3.63, 3.8) is 0 Å². The highest BCUT2D eigenvalue weighted by atomic mass is 19.1. The van der Waals surface area contributed by atoms with Crippen LogP contribution in [0.4, 0.5) is 10.2 Å². The predicted molar refractivity (Wildman–Crippen MR) is 43.7 cm³/mol. The highest BCUT2D eigenvalue weighted by molar-refractivity contribution is 5.37. The lowest BCUT2D eigenvalue weighted by atomic mass is 10.5. The van der Waals surface area contributed by atoms with Crippen LogP contribution >= 0.6 is 0 Å². The van der Waals surface area contributed by atoms with E-state index in [1.807, 2.05) is 0 Å². The van der Waals surface area contributed by atoms with Gasteiger partial charge < -0.3 is 11.1 Å². The van der Waals surface area contributed by atoms with Crippen molar-refractivity contribution in [2.75, 3.05) is 5.32 Å². The number of nitrogens with one attached hydrogen (secondary N) is 1. The van der Waals surface area contributed by atoms with E-state index in [0.717, 1.165) is 6.20 Å². The Labute approximate surface area is 69.3 Å². The van der Waals surface area contributed by atoms with Gasteiger partial charge in [-0.3, -0.25) is 0 Å². The second-order valence-corrected chi connectivity index (χ2v) is 2.12. The Morgan fingerprint density at radius 1 is 1.67 bits per heavy atom. The molecular weight excluding hydrogens is 159 g/mol. The Hall–Kier alpha value is -1.65. The topological polar surface area (TPSA) is 63.8 Å². The van der Waals surface area contributed by atoms with Crippen LogP contribution in [0.5, 0.6) is 0 Å². The molecule has 1 rings (SSSR count). The van der Waals surface area contributed by atoms with Crippen LogP contribution in [0.15, 0.2) is 18.6 Å². The summed E-state index contributed by atoms with van der Waals surface area (Å²) in [6.07, 6.45) is 3.76. The number of aryl methyl sites for hydroxylation is 1. The summed E-state index contributed by atoms with van der Waals surface area (Å²) in [7, 11) is 0. The van der Waals surface area contributed by atoms with Crippen LogP contribution < -0.4 is 11.1 Å². The third-order valence-corrected chi connectivity index (χ3v) is 1.18. The minimum Gasteiger partial charge on any atom is -0.403 e. The number of hydrogen-bond donors (Lipinski definition) is 2. The Kier molecular flexibility index (Phi) is 2.57. The van der Waals surface area contributed by atoms with Gasteiger partial charge in [0, 0.05) is 12.4 Å². The van der Waals surface area contributed by atoms with Gasteiger partial charge in [-0.2, -0.15) is 0 Å². The van der Waals surface area contributed by atoms with Gasteiger partial charge in [-0.15, -0.1) is 0 Å². The lowest BCUT2D eigenvalue weighted by Crippen LogP contribution is -1.99. The molecule has 0 saturated heterocycles. The maximum absolute atomic E-state index is 12.8. The lowest BCUT2D eigenvalue weighted by molar-refractivity contribution is 0.616. The molecule has 1 aromatic rings. The van der Waals surface area contributed by atoms with Crippen molar-refractivity contribution in [2.45, 2.75) is 6.92 Å². The largest absolute Gasteiger partial charge is 0.403 e. The zero-order chi connectivity index (χ0) is 8.97. The molecule has 0 unspecified atom stereocenters. The van der Waals surface area contributed by atoms with Crippen molar-refractivity contribution in [3.05, 3.63) is 30.2 Å². The number of rotatable bonds is 2. The molecule has 0 aliphatic heterocycles. The van der Waals surface area contributed by atoms with E-state index in [2.05, 4.69) is 15.3 Å². The van der Waals surface area contributed by atoms with E-state index in [4.69, 9.17) is 5.73 Å². The molecule has 0 bridgehead atoms. The summed E-state index contributed by atoms with van der Waals surface area (Å²) in [6, 6.07) is 0. The zero-order valence-electron chi connectivity index (χ0n) is 6.58. The average molecular weight is 168 g/mol. The Bertz CT molecular complexity index is 297. The SMILES string of the molecule is Cc1ncc(F)c(N/C=C\N)n1. The van der Waals surface area contributed by atoms with Gasteiger partial charge in [0.05, 0.1) is 6.20 Å². The molecule has 5 heteroatoms. The van der Waals surface area contributed by atoms with Crippen molar-refractivity contribution < 1.29 is 4.39 Å². The molecule has 3 N–H and O–H groups in total. The number of hydrogen-bond acceptors (Lipinski definition) is 4. The summed E-state index contributed by atoms with van der Waals surface area (Å²) in [6.45, 7) is 1.68. The fourth-order valence-corrected chi connectivity index (χ4v) is 0.684. The third kappa shape index (κ3) is 1.91. The van der Waals surface area contributed by atoms with Gasteiger partial charge in [0.15, 0.2) is 11.6 Å². The number of nitrogens with two attached hydrogens (primary N) is 1. The Morgan fingerprint density at radius 2 is 2.42 bits per heavy atom. The van der Waals surface area contributed by atoms with Crippen molar-refractivity contribution in [1.82, 2.24) is 9.97 Å². The van der Waals surface area contributed by atoms with Gasteiger partial charge in [0.1, 0.15) is 5.82 Å². The van der Waals surface area contributed by atoms with E-state index < -0.39 is 5.82 Å². The Balaban J connectivity index is 2.89. The summed E-state index contributed by atoms with van der Waals surface area (Å²) >= 11 is 0.